The van der Waals surface area contributed by atoms with Gasteiger partial charge in [-0.1, -0.05) is 30.3 Å². The summed E-state index contributed by atoms with van der Waals surface area (Å²) >= 11 is 0. The Balaban J connectivity index is 0.00000225. The molecule has 0 amide bonds. The molecule has 0 spiro atoms. The molecule has 1 aliphatic carbocycles. The monoisotopic (exact) mass is 457 g/mol. The fourth-order valence-electron chi connectivity index (χ4n) is 2.82. The van der Waals surface area contributed by atoms with Gasteiger partial charge in [-0.25, -0.2) is 8.78 Å². The summed E-state index contributed by atoms with van der Waals surface area (Å²) in [6, 6.07) is 13.6. The number of aliphatic imine (C=N–C) groups is 1. The number of hydrogen-bond acceptors (Lipinski definition) is 1. The van der Waals surface area contributed by atoms with Crippen LogP contribution in [-0.4, -0.2) is 25.6 Å². The predicted octanol–water partition coefficient (Wildman–Crippen LogP) is 3.85. The Morgan fingerprint density at radius 1 is 1.12 bits per heavy atom. The quantitative estimate of drug-likeness (QED) is 0.407. The molecule has 2 aromatic carbocycles. The molecule has 0 heterocycles. The van der Waals surface area contributed by atoms with E-state index >= 15 is 0 Å². The zero-order valence-electron chi connectivity index (χ0n) is 14.0. The van der Waals surface area contributed by atoms with Crippen molar-refractivity contribution in [1.82, 2.24) is 10.6 Å². The van der Waals surface area contributed by atoms with E-state index in [1.54, 1.807) is 25.2 Å². The summed E-state index contributed by atoms with van der Waals surface area (Å²) in [6.45, 7) is 0.697. The molecule has 0 aliphatic heterocycles. The molecule has 2 unspecified atom stereocenters. The average Bonchev–Trinajstić information content (AvgIpc) is 3.35. The van der Waals surface area contributed by atoms with Crippen molar-refractivity contribution in [2.24, 2.45) is 4.99 Å². The van der Waals surface area contributed by atoms with Crippen LogP contribution in [0, 0.1) is 11.6 Å². The molecule has 3 nitrogen and oxygen atoms in total. The second-order valence-corrected chi connectivity index (χ2v) is 5.99. The lowest BCUT2D eigenvalue weighted by Gasteiger charge is -2.12. The minimum absolute atomic E-state index is 0. The van der Waals surface area contributed by atoms with Crippen molar-refractivity contribution in [1.29, 1.82) is 0 Å². The Labute approximate surface area is 164 Å². The number of benzene rings is 2. The Morgan fingerprint density at radius 2 is 1.84 bits per heavy atom. The van der Waals surface area contributed by atoms with E-state index in [2.05, 4.69) is 15.6 Å². The fraction of sp³-hybridized carbons (Fsp3) is 0.316. The lowest BCUT2D eigenvalue weighted by molar-refractivity contribution is 0.607. The second-order valence-electron chi connectivity index (χ2n) is 5.99. The van der Waals surface area contributed by atoms with Crippen molar-refractivity contribution in [2.45, 2.75) is 24.8 Å². The number of hydrogen-bond donors (Lipinski definition) is 2. The summed E-state index contributed by atoms with van der Waals surface area (Å²) in [4.78, 5) is 4.20. The molecular weight excluding hydrogens is 435 g/mol. The van der Waals surface area contributed by atoms with Crippen LogP contribution in [0.3, 0.4) is 0 Å². The lowest BCUT2D eigenvalue weighted by atomic mass is 10.1. The van der Waals surface area contributed by atoms with Crippen LogP contribution in [0.2, 0.25) is 0 Å². The zero-order chi connectivity index (χ0) is 16.9. The van der Waals surface area contributed by atoms with E-state index in [4.69, 9.17) is 0 Å². The SMILES string of the molecule is CN=C(NCCc1ccc(F)cc1)NC1CC1c1ccccc1F.I. The van der Waals surface area contributed by atoms with Crippen molar-refractivity contribution < 1.29 is 8.78 Å². The van der Waals surface area contributed by atoms with Crippen LogP contribution in [0.15, 0.2) is 53.5 Å². The molecule has 2 aromatic rings. The standard InChI is InChI=1S/C19H21F2N3.HI/c1-22-19(23-11-10-13-6-8-14(20)9-7-13)24-18-12-16(18)15-4-2-3-5-17(15)21;/h2-9,16,18H,10-12H2,1H3,(H2,22,23,24);1H. The summed E-state index contributed by atoms with van der Waals surface area (Å²) in [5.41, 5.74) is 1.83. The normalized spacial score (nSPS) is 19.1. The van der Waals surface area contributed by atoms with Crippen molar-refractivity contribution in [3.05, 3.63) is 71.3 Å². The van der Waals surface area contributed by atoms with Gasteiger partial charge in [-0.15, -0.1) is 24.0 Å². The summed E-state index contributed by atoms with van der Waals surface area (Å²) in [7, 11) is 1.72. The summed E-state index contributed by atoms with van der Waals surface area (Å²) < 4.78 is 26.7. The van der Waals surface area contributed by atoms with Gasteiger partial charge in [-0.05, 0) is 42.2 Å². The van der Waals surface area contributed by atoms with Crippen LogP contribution < -0.4 is 10.6 Å². The lowest BCUT2D eigenvalue weighted by Crippen LogP contribution is -2.39. The van der Waals surface area contributed by atoms with Crippen molar-refractivity contribution >= 4 is 29.9 Å². The molecule has 0 saturated heterocycles. The van der Waals surface area contributed by atoms with Crippen LogP contribution in [0.1, 0.15) is 23.5 Å². The number of guanidine groups is 1. The molecule has 0 radical (unpaired) electrons. The molecule has 25 heavy (non-hydrogen) atoms. The van der Waals surface area contributed by atoms with E-state index in [1.165, 1.54) is 18.2 Å². The minimum atomic E-state index is -0.225. The molecule has 134 valence electrons. The number of halogens is 3. The molecule has 0 aromatic heterocycles. The largest absolute Gasteiger partial charge is 0.356 e. The van der Waals surface area contributed by atoms with Crippen LogP contribution in [0.5, 0.6) is 0 Å². The highest BCUT2D eigenvalue weighted by molar-refractivity contribution is 14.0. The number of nitrogens with zero attached hydrogens (tertiary/aromatic N) is 1. The molecule has 2 atom stereocenters. The molecule has 1 fully saturated rings. The van der Waals surface area contributed by atoms with Gasteiger partial charge < -0.3 is 10.6 Å². The highest BCUT2D eigenvalue weighted by Gasteiger charge is 2.40. The van der Waals surface area contributed by atoms with Crippen LogP contribution in [-0.2, 0) is 6.42 Å². The smallest absolute Gasteiger partial charge is 0.191 e. The second kappa shape index (κ2) is 9.12. The van der Waals surface area contributed by atoms with E-state index in [0.29, 0.717) is 12.5 Å². The van der Waals surface area contributed by atoms with Crippen molar-refractivity contribution in [3.63, 3.8) is 0 Å². The third-order valence-electron chi connectivity index (χ3n) is 4.26. The van der Waals surface area contributed by atoms with Gasteiger partial charge in [0.1, 0.15) is 11.6 Å². The Bertz CT molecular complexity index is 719. The van der Waals surface area contributed by atoms with Gasteiger partial charge in [0.2, 0.25) is 0 Å². The molecular formula is C19H22F2IN3. The van der Waals surface area contributed by atoms with E-state index in [-0.39, 0.29) is 47.6 Å². The van der Waals surface area contributed by atoms with Crippen LogP contribution in [0.25, 0.3) is 0 Å². The van der Waals surface area contributed by atoms with Gasteiger partial charge >= 0.3 is 0 Å². The third kappa shape index (κ3) is 5.39. The summed E-state index contributed by atoms with van der Waals surface area (Å²) in [5, 5.41) is 6.57. The van der Waals surface area contributed by atoms with Gasteiger partial charge in [-0.3, -0.25) is 4.99 Å². The maximum Gasteiger partial charge on any atom is 0.191 e. The van der Waals surface area contributed by atoms with Crippen molar-refractivity contribution in [3.8, 4) is 0 Å². The van der Waals surface area contributed by atoms with Gasteiger partial charge in [0.05, 0.1) is 0 Å². The Hall–Kier alpha value is -1.70. The maximum absolute atomic E-state index is 13.8. The first-order valence-electron chi connectivity index (χ1n) is 8.13. The van der Waals surface area contributed by atoms with Gasteiger partial charge in [-0.2, -0.15) is 0 Å². The van der Waals surface area contributed by atoms with Gasteiger partial charge in [0.15, 0.2) is 5.96 Å². The van der Waals surface area contributed by atoms with Crippen LogP contribution in [0.4, 0.5) is 8.78 Å². The van der Waals surface area contributed by atoms with E-state index in [1.807, 2.05) is 12.1 Å². The predicted molar refractivity (Wildman–Crippen MR) is 108 cm³/mol. The van der Waals surface area contributed by atoms with E-state index in [0.717, 1.165) is 24.0 Å². The first kappa shape index (κ1) is 19.6. The summed E-state index contributed by atoms with van der Waals surface area (Å²) in [6.07, 6.45) is 1.68. The molecule has 0 bridgehead atoms. The number of rotatable bonds is 5. The topological polar surface area (TPSA) is 36.4 Å². The Kier molecular flexibility index (Phi) is 7.16. The van der Waals surface area contributed by atoms with E-state index in [9.17, 15) is 8.78 Å². The molecule has 1 saturated carbocycles. The Morgan fingerprint density at radius 3 is 2.52 bits per heavy atom. The van der Waals surface area contributed by atoms with Gasteiger partial charge in [0.25, 0.3) is 0 Å². The highest BCUT2D eigenvalue weighted by Crippen LogP contribution is 2.41. The average molecular weight is 457 g/mol. The van der Waals surface area contributed by atoms with E-state index < -0.39 is 0 Å². The molecule has 1 aliphatic rings. The molecule has 3 rings (SSSR count). The maximum atomic E-state index is 13.8. The van der Waals surface area contributed by atoms with Crippen LogP contribution >= 0.6 is 24.0 Å². The highest BCUT2D eigenvalue weighted by atomic mass is 127. The first-order chi connectivity index (χ1) is 11.7. The van der Waals surface area contributed by atoms with Crippen molar-refractivity contribution in [2.75, 3.05) is 13.6 Å². The fourth-order valence-corrected chi connectivity index (χ4v) is 2.82. The summed E-state index contributed by atoms with van der Waals surface area (Å²) in [5.74, 6) is 0.533. The van der Waals surface area contributed by atoms with Gasteiger partial charge in [0, 0.05) is 25.6 Å². The third-order valence-corrected chi connectivity index (χ3v) is 4.26. The first-order valence-corrected chi connectivity index (χ1v) is 8.13. The zero-order valence-corrected chi connectivity index (χ0v) is 16.3. The number of nitrogens with one attached hydrogen (secondary N) is 2. The minimum Gasteiger partial charge on any atom is -0.356 e. The molecule has 6 heteroatoms. The molecule has 2 N–H and O–H groups in total.